The van der Waals surface area contributed by atoms with Crippen molar-refractivity contribution in [3.63, 3.8) is 0 Å². The molecule has 16 heavy (non-hydrogen) atoms. The topological polar surface area (TPSA) is 84.0 Å². The Morgan fingerprint density at radius 3 is 2.94 bits per heavy atom. The van der Waals surface area contributed by atoms with Crippen LogP contribution in [0.4, 0.5) is 11.5 Å². The summed E-state index contributed by atoms with van der Waals surface area (Å²) in [4.78, 5) is 4.05. The highest BCUT2D eigenvalue weighted by molar-refractivity contribution is 5.62. The van der Waals surface area contributed by atoms with E-state index in [1.807, 2.05) is 19.9 Å². The van der Waals surface area contributed by atoms with E-state index in [0.717, 1.165) is 0 Å². The Morgan fingerprint density at radius 2 is 2.38 bits per heavy atom. The lowest BCUT2D eigenvalue weighted by molar-refractivity contribution is 0.0870. The number of hydrogen-bond acceptors (Lipinski definition) is 5. The third-order valence-electron chi connectivity index (χ3n) is 1.89. The van der Waals surface area contributed by atoms with Crippen molar-refractivity contribution < 1.29 is 4.74 Å². The molecule has 0 bridgehead atoms. The van der Waals surface area contributed by atoms with E-state index >= 15 is 0 Å². The third-order valence-corrected chi connectivity index (χ3v) is 1.89. The monoisotopic (exact) mass is 220 g/mol. The summed E-state index contributed by atoms with van der Waals surface area (Å²) < 4.78 is 5.36. The van der Waals surface area contributed by atoms with Crippen LogP contribution in [0, 0.1) is 11.3 Å². The molecule has 0 aromatic carbocycles. The SMILES string of the molecule is CC(C)OCCNc1ncc(C#N)cc1N. The van der Waals surface area contributed by atoms with Crippen LogP contribution in [0.3, 0.4) is 0 Å². The molecule has 0 saturated carbocycles. The molecule has 0 aliphatic carbocycles. The largest absolute Gasteiger partial charge is 0.396 e. The lowest BCUT2D eigenvalue weighted by Crippen LogP contribution is -2.14. The van der Waals surface area contributed by atoms with Gasteiger partial charge in [-0.25, -0.2) is 4.98 Å². The van der Waals surface area contributed by atoms with Gasteiger partial charge in [0.05, 0.1) is 24.0 Å². The van der Waals surface area contributed by atoms with E-state index in [1.165, 1.54) is 6.20 Å². The Balaban J connectivity index is 2.46. The quantitative estimate of drug-likeness (QED) is 0.732. The highest BCUT2D eigenvalue weighted by atomic mass is 16.5. The summed E-state index contributed by atoms with van der Waals surface area (Å²) >= 11 is 0. The van der Waals surface area contributed by atoms with Crippen LogP contribution in [0.15, 0.2) is 12.3 Å². The smallest absolute Gasteiger partial charge is 0.149 e. The zero-order valence-electron chi connectivity index (χ0n) is 9.53. The summed E-state index contributed by atoms with van der Waals surface area (Å²) in [5, 5.41) is 11.7. The molecule has 0 aliphatic heterocycles. The van der Waals surface area contributed by atoms with E-state index in [-0.39, 0.29) is 6.10 Å². The van der Waals surface area contributed by atoms with Crippen LogP contribution in [-0.2, 0) is 4.74 Å². The number of rotatable bonds is 5. The van der Waals surface area contributed by atoms with E-state index in [1.54, 1.807) is 6.07 Å². The van der Waals surface area contributed by atoms with Gasteiger partial charge in [-0.05, 0) is 19.9 Å². The lowest BCUT2D eigenvalue weighted by Gasteiger charge is -2.10. The fourth-order valence-corrected chi connectivity index (χ4v) is 1.15. The number of nitrogens with zero attached hydrogens (tertiary/aromatic N) is 2. The number of anilines is 2. The number of nitrogens with one attached hydrogen (secondary N) is 1. The molecule has 3 N–H and O–H groups in total. The first-order valence-electron chi connectivity index (χ1n) is 5.14. The van der Waals surface area contributed by atoms with Gasteiger partial charge >= 0.3 is 0 Å². The van der Waals surface area contributed by atoms with E-state index in [0.29, 0.717) is 30.2 Å². The number of nitrogen functional groups attached to an aromatic ring is 1. The average molecular weight is 220 g/mol. The number of ether oxygens (including phenoxy) is 1. The van der Waals surface area contributed by atoms with E-state index in [4.69, 9.17) is 15.7 Å². The molecule has 0 spiro atoms. The molecule has 1 rings (SSSR count). The zero-order valence-corrected chi connectivity index (χ0v) is 9.53. The Labute approximate surface area is 95.2 Å². The first-order valence-corrected chi connectivity index (χ1v) is 5.14. The summed E-state index contributed by atoms with van der Waals surface area (Å²) in [6.07, 6.45) is 1.70. The first kappa shape index (κ1) is 12.3. The number of nitriles is 1. The molecular weight excluding hydrogens is 204 g/mol. The molecule has 0 amide bonds. The summed E-state index contributed by atoms with van der Waals surface area (Å²) in [5.41, 5.74) is 6.66. The Morgan fingerprint density at radius 1 is 1.62 bits per heavy atom. The normalized spacial score (nSPS) is 10.1. The maximum Gasteiger partial charge on any atom is 0.149 e. The van der Waals surface area contributed by atoms with Crippen molar-refractivity contribution in [2.75, 3.05) is 24.2 Å². The maximum absolute atomic E-state index is 8.64. The van der Waals surface area contributed by atoms with Crippen LogP contribution in [-0.4, -0.2) is 24.2 Å². The van der Waals surface area contributed by atoms with Gasteiger partial charge in [0, 0.05) is 12.7 Å². The van der Waals surface area contributed by atoms with Crippen molar-refractivity contribution in [3.05, 3.63) is 17.8 Å². The molecule has 0 atom stereocenters. The Kier molecular flexibility index (Phi) is 4.55. The van der Waals surface area contributed by atoms with Crippen molar-refractivity contribution in [2.45, 2.75) is 20.0 Å². The minimum atomic E-state index is 0.216. The van der Waals surface area contributed by atoms with E-state index < -0.39 is 0 Å². The van der Waals surface area contributed by atoms with Crippen LogP contribution >= 0.6 is 0 Å². The molecule has 0 fully saturated rings. The van der Waals surface area contributed by atoms with E-state index in [9.17, 15) is 0 Å². The second kappa shape index (κ2) is 5.93. The van der Waals surface area contributed by atoms with Crippen LogP contribution in [0.5, 0.6) is 0 Å². The van der Waals surface area contributed by atoms with Gasteiger partial charge in [0.15, 0.2) is 0 Å². The fraction of sp³-hybridized carbons (Fsp3) is 0.455. The standard InChI is InChI=1S/C11H16N4O/c1-8(2)16-4-3-14-11-10(13)5-9(6-12)7-15-11/h5,7-8H,3-4,13H2,1-2H3,(H,14,15). The third kappa shape index (κ3) is 3.75. The summed E-state index contributed by atoms with van der Waals surface area (Å²) in [7, 11) is 0. The molecule has 0 radical (unpaired) electrons. The van der Waals surface area contributed by atoms with Crippen LogP contribution < -0.4 is 11.1 Å². The van der Waals surface area contributed by atoms with Gasteiger partial charge in [-0.1, -0.05) is 0 Å². The molecule has 1 aromatic rings. The molecule has 0 unspecified atom stereocenters. The van der Waals surface area contributed by atoms with Gasteiger partial charge < -0.3 is 15.8 Å². The summed E-state index contributed by atoms with van der Waals surface area (Å²) in [5.74, 6) is 0.589. The number of hydrogen-bond donors (Lipinski definition) is 2. The second-order valence-corrected chi connectivity index (χ2v) is 3.62. The maximum atomic E-state index is 8.64. The predicted molar refractivity (Wildman–Crippen MR) is 62.9 cm³/mol. The van der Waals surface area contributed by atoms with Crippen molar-refractivity contribution in [3.8, 4) is 6.07 Å². The van der Waals surface area contributed by atoms with Gasteiger partial charge in [-0.2, -0.15) is 5.26 Å². The van der Waals surface area contributed by atoms with Crippen LogP contribution in [0.25, 0.3) is 0 Å². The van der Waals surface area contributed by atoms with Gasteiger partial charge in [-0.3, -0.25) is 0 Å². The minimum absolute atomic E-state index is 0.216. The first-order chi connectivity index (χ1) is 7.63. The van der Waals surface area contributed by atoms with Gasteiger partial charge in [0.1, 0.15) is 11.9 Å². The van der Waals surface area contributed by atoms with Gasteiger partial charge in [0.2, 0.25) is 0 Å². The minimum Gasteiger partial charge on any atom is -0.396 e. The predicted octanol–water partition coefficient (Wildman–Crippen LogP) is 1.37. The molecule has 1 heterocycles. The second-order valence-electron chi connectivity index (χ2n) is 3.62. The molecular formula is C11H16N4O. The van der Waals surface area contributed by atoms with E-state index in [2.05, 4.69) is 10.3 Å². The van der Waals surface area contributed by atoms with Crippen molar-refractivity contribution >= 4 is 11.5 Å². The Hall–Kier alpha value is -1.80. The van der Waals surface area contributed by atoms with Gasteiger partial charge in [0.25, 0.3) is 0 Å². The molecule has 0 aliphatic rings. The highest BCUT2D eigenvalue weighted by Gasteiger charge is 2.01. The molecule has 86 valence electrons. The van der Waals surface area contributed by atoms with Crippen LogP contribution in [0.2, 0.25) is 0 Å². The lowest BCUT2D eigenvalue weighted by atomic mass is 10.3. The molecule has 0 saturated heterocycles. The van der Waals surface area contributed by atoms with Crippen molar-refractivity contribution in [1.29, 1.82) is 5.26 Å². The summed E-state index contributed by atoms with van der Waals surface area (Å²) in [6, 6.07) is 3.58. The Bertz CT molecular complexity index is 384. The average Bonchev–Trinajstić information content (AvgIpc) is 2.25. The number of aromatic nitrogens is 1. The molecule has 5 nitrogen and oxygen atoms in total. The molecule has 1 aromatic heterocycles. The summed E-state index contributed by atoms with van der Waals surface area (Å²) in [6.45, 7) is 5.20. The fourth-order valence-electron chi connectivity index (χ4n) is 1.15. The van der Waals surface area contributed by atoms with Crippen molar-refractivity contribution in [1.82, 2.24) is 4.98 Å². The van der Waals surface area contributed by atoms with Gasteiger partial charge in [-0.15, -0.1) is 0 Å². The molecule has 5 heteroatoms. The van der Waals surface area contributed by atoms with Crippen LogP contribution in [0.1, 0.15) is 19.4 Å². The zero-order chi connectivity index (χ0) is 12.0. The number of pyridine rings is 1. The highest BCUT2D eigenvalue weighted by Crippen LogP contribution is 2.15. The number of nitrogens with two attached hydrogens (primary N) is 1. The van der Waals surface area contributed by atoms with Crippen molar-refractivity contribution in [2.24, 2.45) is 0 Å².